The molecule has 0 spiro atoms. The van der Waals surface area contributed by atoms with Crippen LogP contribution >= 0.6 is 0 Å². The summed E-state index contributed by atoms with van der Waals surface area (Å²) in [6, 6.07) is 5.23. The number of benzene rings is 1. The zero-order chi connectivity index (χ0) is 16.3. The Morgan fingerprint density at radius 1 is 1.27 bits per heavy atom. The minimum Gasteiger partial charge on any atom is -0.478 e. The van der Waals surface area contributed by atoms with E-state index in [1.54, 1.807) is 12.1 Å². The zero-order valence-corrected chi connectivity index (χ0v) is 13.6. The third-order valence-electron chi connectivity index (χ3n) is 4.72. The lowest BCUT2D eigenvalue weighted by Crippen LogP contribution is -2.37. The van der Waals surface area contributed by atoms with Crippen molar-refractivity contribution in [2.75, 3.05) is 6.54 Å². The van der Waals surface area contributed by atoms with Crippen molar-refractivity contribution >= 4 is 11.9 Å². The molecule has 0 aliphatic carbocycles. The fraction of sp³-hybridized carbons (Fsp3) is 0.556. The Morgan fingerprint density at radius 3 is 2.59 bits per heavy atom. The summed E-state index contributed by atoms with van der Waals surface area (Å²) >= 11 is 0. The second-order valence-corrected chi connectivity index (χ2v) is 6.47. The molecule has 1 amide bonds. The summed E-state index contributed by atoms with van der Waals surface area (Å²) in [5.74, 6) is 0.188. The van der Waals surface area contributed by atoms with Crippen LogP contribution in [0.25, 0.3) is 0 Å². The van der Waals surface area contributed by atoms with Gasteiger partial charge in [-0.1, -0.05) is 33.3 Å². The standard InChI is InChI=1S/C18H25NO3/c1-4-13(12(2)3)10-17(20)19-8-7-14-5-6-15(18(21)22)9-16(14)11-19/h5-6,9,12-13H,4,7-8,10-11H2,1-3H3,(H,21,22). The Kier molecular flexibility index (Phi) is 5.22. The number of fused-ring (bicyclic) bond motifs is 1. The van der Waals surface area contributed by atoms with E-state index in [0.29, 0.717) is 30.4 Å². The Bertz CT molecular complexity index is 565. The minimum absolute atomic E-state index is 0.187. The molecule has 0 aromatic heterocycles. The van der Waals surface area contributed by atoms with Crippen LogP contribution in [0, 0.1) is 11.8 Å². The van der Waals surface area contributed by atoms with Crippen LogP contribution in [0.1, 0.15) is 55.1 Å². The minimum atomic E-state index is -0.919. The number of carboxylic acid groups (broad SMARTS) is 1. The maximum Gasteiger partial charge on any atom is 0.335 e. The first-order chi connectivity index (χ1) is 10.4. The molecule has 4 heteroatoms. The highest BCUT2D eigenvalue weighted by Gasteiger charge is 2.24. The second kappa shape index (κ2) is 6.95. The first kappa shape index (κ1) is 16.5. The van der Waals surface area contributed by atoms with Crippen molar-refractivity contribution in [2.45, 2.75) is 46.6 Å². The van der Waals surface area contributed by atoms with Crippen molar-refractivity contribution in [1.29, 1.82) is 0 Å². The van der Waals surface area contributed by atoms with Gasteiger partial charge in [0.1, 0.15) is 0 Å². The van der Waals surface area contributed by atoms with Gasteiger partial charge in [0.05, 0.1) is 5.56 Å². The number of carbonyl (C=O) groups is 2. The van der Waals surface area contributed by atoms with Gasteiger partial charge in [-0.2, -0.15) is 0 Å². The molecule has 1 heterocycles. The maximum absolute atomic E-state index is 12.5. The lowest BCUT2D eigenvalue weighted by Gasteiger charge is -2.31. The van der Waals surface area contributed by atoms with Crippen molar-refractivity contribution in [3.8, 4) is 0 Å². The lowest BCUT2D eigenvalue weighted by atomic mass is 9.89. The molecular formula is C18H25NO3. The first-order valence-electron chi connectivity index (χ1n) is 8.05. The summed E-state index contributed by atoms with van der Waals surface area (Å²) in [7, 11) is 0. The SMILES string of the molecule is CCC(CC(=O)N1CCc2ccc(C(=O)O)cc2C1)C(C)C. The van der Waals surface area contributed by atoms with E-state index in [9.17, 15) is 9.59 Å². The molecule has 0 bridgehead atoms. The van der Waals surface area contributed by atoms with Gasteiger partial charge in [-0.3, -0.25) is 4.79 Å². The van der Waals surface area contributed by atoms with Crippen LogP contribution in [-0.2, 0) is 17.8 Å². The molecular weight excluding hydrogens is 278 g/mol. The fourth-order valence-corrected chi connectivity index (χ4v) is 3.11. The third kappa shape index (κ3) is 3.67. The average molecular weight is 303 g/mol. The van der Waals surface area contributed by atoms with Gasteiger partial charge in [-0.05, 0) is 41.5 Å². The van der Waals surface area contributed by atoms with Crippen molar-refractivity contribution in [1.82, 2.24) is 4.90 Å². The summed E-state index contributed by atoms with van der Waals surface area (Å²) < 4.78 is 0. The zero-order valence-electron chi connectivity index (χ0n) is 13.6. The van der Waals surface area contributed by atoms with E-state index in [1.165, 1.54) is 0 Å². The Morgan fingerprint density at radius 2 is 2.00 bits per heavy atom. The molecule has 0 saturated heterocycles. The van der Waals surface area contributed by atoms with E-state index in [-0.39, 0.29) is 5.91 Å². The molecule has 0 radical (unpaired) electrons. The predicted octanol–water partition coefficient (Wildman–Crippen LogP) is 3.34. The molecule has 1 aliphatic heterocycles. The van der Waals surface area contributed by atoms with E-state index in [1.807, 2.05) is 11.0 Å². The molecule has 1 N–H and O–H groups in total. The van der Waals surface area contributed by atoms with Gasteiger partial charge in [0.25, 0.3) is 0 Å². The van der Waals surface area contributed by atoms with Crippen molar-refractivity contribution in [2.24, 2.45) is 11.8 Å². The highest BCUT2D eigenvalue weighted by atomic mass is 16.4. The lowest BCUT2D eigenvalue weighted by molar-refractivity contribution is -0.133. The molecule has 22 heavy (non-hydrogen) atoms. The van der Waals surface area contributed by atoms with Gasteiger partial charge in [0, 0.05) is 19.5 Å². The Hall–Kier alpha value is -1.84. The fourth-order valence-electron chi connectivity index (χ4n) is 3.11. The number of nitrogens with zero attached hydrogens (tertiary/aromatic N) is 1. The van der Waals surface area contributed by atoms with E-state index in [2.05, 4.69) is 20.8 Å². The van der Waals surface area contributed by atoms with E-state index >= 15 is 0 Å². The van der Waals surface area contributed by atoms with Gasteiger partial charge in [0.15, 0.2) is 0 Å². The monoisotopic (exact) mass is 303 g/mol. The number of carboxylic acids is 1. The molecule has 0 saturated carbocycles. The van der Waals surface area contributed by atoms with Crippen molar-refractivity contribution in [3.63, 3.8) is 0 Å². The molecule has 0 fully saturated rings. The smallest absolute Gasteiger partial charge is 0.335 e. The molecule has 4 nitrogen and oxygen atoms in total. The number of hydrogen-bond donors (Lipinski definition) is 1. The van der Waals surface area contributed by atoms with E-state index in [0.717, 1.165) is 30.5 Å². The molecule has 1 aromatic carbocycles. The third-order valence-corrected chi connectivity index (χ3v) is 4.72. The quantitative estimate of drug-likeness (QED) is 0.907. The average Bonchev–Trinajstić information content (AvgIpc) is 2.50. The van der Waals surface area contributed by atoms with E-state index < -0.39 is 5.97 Å². The number of amides is 1. The second-order valence-electron chi connectivity index (χ2n) is 6.47. The Labute approximate surface area is 132 Å². The number of hydrogen-bond acceptors (Lipinski definition) is 2. The summed E-state index contributed by atoms with van der Waals surface area (Å²) in [5, 5.41) is 9.09. The van der Waals surface area contributed by atoms with Crippen LogP contribution in [0.15, 0.2) is 18.2 Å². The van der Waals surface area contributed by atoms with Crippen LogP contribution in [0.3, 0.4) is 0 Å². The van der Waals surface area contributed by atoms with Gasteiger partial charge in [-0.15, -0.1) is 0 Å². The summed E-state index contributed by atoms with van der Waals surface area (Å²) in [5.41, 5.74) is 2.42. The van der Waals surface area contributed by atoms with Crippen LogP contribution in [0.2, 0.25) is 0 Å². The highest BCUT2D eigenvalue weighted by molar-refractivity contribution is 5.88. The predicted molar refractivity (Wildman–Crippen MR) is 85.8 cm³/mol. The van der Waals surface area contributed by atoms with Gasteiger partial charge in [0.2, 0.25) is 5.91 Å². The van der Waals surface area contributed by atoms with Gasteiger partial charge < -0.3 is 10.0 Å². The van der Waals surface area contributed by atoms with Crippen LogP contribution in [0.4, 0.5) is 0 Å². The van der Waals surface area contributed by atoms with Gasteiger partial charge >= 0.3 is 5.97 Å². The van der Waals surface area contributed by atoms with Crippen LogP contribution < -0.4 is 0 Å². The van der Waals surface area contributed by atoms with Gasteiger partial charge in [-0.25, -0.2) is 4.79 Å². The van der Waals surface area contributed by atoms with Crippen molar-refractivity contribution in [3.05, 3.63) is 34.9 Å². The molecule has 1 aromatic rings. The highest BCUT2D eigenvalue weighted by Crippen LogP contribution is 2.24. The summed E-state index contributed by atoms with van der Waals surface area (Å²) in [6.45, 7) is 7.71. The molecule has 1 unspecified atom stereocenters. The number of rotatable bonds is 5. The first-order valence-corrected chi connectivity index (χ1v) is 8.05. The summed E-state index contributed by atoms with van der Waals surface area (Å²) in [6.07, 6.45) is 2.40. The van der Waals surface area contributed by atoms with Crippen molar-refractivity contribution < 1.29 is 14.7 Å². The molecule has 1 atom stereocenters. The maximum atomic E-state index is 12.5. The van der Waals surface area contributed by atoms with E-state index in [4.69, 9.17) is 5.11 Å². The molecule has 2 rings (SSSR count). The van der Waals surface area contributed by atoms with Crippen LogP contribution in [-0.4, -0.2) is 28.4 Å². The van der Waals surface area contributed by atoms with Crippen LogP contribution in [0.5, 0.6) is 0 Å². The normalized spacial score (nSPS) is 15.5. The number of aromatic carboxylic acids is 1. The molecule has 1 aliphatic rings. The topological polar surface area (TPSA) is 57.6 Å². The largest absolute Gasteiger partial charge is 0.478 e. The number of carbonyl (C=O) groups excluding carboxylic acids is 1. The Balaban J connectivity index is 2.09. The molecule has 120 valence electrons. The summed E-state index contributed by atoms with van der Waals surface area (Å²) in [4.78, 5) is 25.5.